The van der Waals surface area contributed by atoms with E-state index < -0.39 is 0 Å². The topological polar surface area (TPSA) is 26.0 Å². The van der Waals surface area contributed by atoms with Crippen molar-refractivity contribution in [1.29, 1.82) is 0 Å². The van der Waals surface area contributed by atoms with Crippen molar-refractivity contribution in [3.63, 3.8) is 0 Å². The van der Waals surface area contributed by atoms with E-state index in [-0.39, 0.29) is 10.9 Å². The zero-order valence-electron chi connectivity index (χ0n) is 5.05. The first-order valence-corrected chi connectivity index (χ1v) is 5.30. The highest BCUT2D eigenvalue weighted by Crippen LogP contribution is 2.37. The molecule has 0 aliphatic carbocycles. The molecular formula is C6H10BrNS. The number of allylic oxidation sites excluding steroid dienone is 2. The van der Waals surface area contributed by atoms with E-state index in [2.05, 4.69) is 32.8 Å². The maximum absolute atomic E-state index is 5.39. The molecule has 2 N–H and O–H groups in total. The Morgan fingerprint density at radius 3 is 2.89 bits per heavy atom. The molecule has 0 aromatic carbocycles. The van der Waals surface area contributed by atoms with Crippen LogP contribution >= 0.6 is 26.8 Å². The van der Waals surface area contributed by atoms with Gasteiger partial charge in [0, 0.05) is 11.0 Å². The SMILES string of the molecule is NCC[SH]1C=CC(Br)=C1. The standard InChI is InChI=1S/C6H10BrNS/c7-6-1-3-9(5-6)4-2-8/h1,3,5,9H,2,4,8H2. The van der Waals surface area contributed by atoms with Crippen molar-refractivity contribution < 1.29 is 0 Å². The van der Waals surface area contributed by atoms with Crippen LogP contribution in [0.1, 0.15) is 0 Å². The van der Waals surface area contributed by atoms with Gasteiger partial charge < -0.3 is 5.73 Å². The lowest BCUT2D eigenvalue weighted by Gasteiger charge is -2.04. The third-order valence-corrected chi connectivity index (χ3v) is 3.87. The molecule has 0 saturated heterocycles. The first kappa shape index (κ1) is 7.38. The zero-order chi connectivity index (χ0) is 6.69. The fraction of sp³-hybridized carbons (Fsp3) is 0.333. The van der Waals surface area contributed by atoms with Gasteiger partial charge in [0.15, 0.2) is 0 Å². The molecule has 0 bridgehead atoms. The molecule has 52 valence electrons. The number of thiol groups is 1. The third kappa shape index (κ3) is 2.16. The van der Waals surface area contributed by atoms with Crippen molar-refractivity contribution >= 4 is 26.8 Å². The highest BCUT2D eigenvalue weighted by molar-refractivity contribution is 9.12. The van der Waals surface area contributed by atoms with E-state index in [4.69, 9.17) is 5.73 Å². The number of nitrogens with two attached hydrogens (primary N) is 1. The highest BCUT2D eigenvalue weighted by atomic mass is 79.9. The van der Waals surface area contributed by atoms with Crippen molar-refractivity contribution in [1.82, 2.24) is 0 Å². The molecule has 3 heteroatoms. The number of rotatable bonds is 2. The number of hydrogen-bond acceptors (Lipinski definition) is 1. The van der Waals surface area contributed by atoms with Gasteiger partial charge >= 0.3 is 0 Å². The Morgan fingerprint density at radius 2 is 2.44 bits per heavy atom. The number of hydrogen-bond donors (Lipinski definition) is 2. The lowest BCUT2D eigenvalue weighted by molar-refractivity contribution is 1.15. The van der Waals surface area contributed by atoms with Crippen LogP contribution in [-0.2, 0) is 0 Å². The van der Waals surface area contributed by atoms with Crippen LogP contribution in [0, 0.1) is 0 Å². The first-order valence-electron chi connectivity index (χ1n) is 2.84. The maximum Gasteiger partial charge on any atom is 0.0228 e. The molecule has 0 amide bonds. The van der Waals surface area contributed by atoms with Gasteiger partial charge in [-0.15, -0.1) is 0 Å². The summed E-state index contributed by atoms with van der Waals surface area (Å²) in [5.74, 6) is 1.13. The molecule has 0 fully saturated rings. The monoisotopic (exact) mass is 207 g/mol. The van der Waals surface area contributed by atoms with Gasteiger partial charge in [0.2, 0.25) is 0 Å². The summed E-state index contributed by atoms with van der Waals surface area (Å²) >= 11 is 3.40. The Bertz CT molecular complexity index is 153. The molecule has 1 aliphatic heterocycles. The third-order valence-electron chi connectivity index (χ3n) is 1.10. The van der Waals surface area contributed by atoms with Crippen LogP contribution in [0.3, 0.4) is 0 Å². The van der Waals surface area contributed by atoms with Crippen LogP contribution in [0.25, 0.3) is 0 Å². The van der Waals surface area contributed by atoms with E-state index in [1.165, 1.54) is 4.48 Å². The van der Waals surface area contributed by atoms with E-state index in [1.807, 2.05) is 0 Å². The van der Waals surface area contributed by atoms with Crippen molar-refractivity contribution in [3.05, 3.63) is 21.4 Å². The van der Waals surface area contributed by atoms with Crippen molar-refractivity contribution in [2.45, 2.75) is 0 Å². The lowest BCUT2D eigenvalue weighted by Crippen LogP contribution is -2.02. The molecule has 1 atom stereocenters. The van der Waals surface area contributed by atoms with Crippen LogP contribution in [0.4, 0.5) is 0 Å². The Kier molecular flexibility index (Phi) is 2.82. The molecule has 0 saturated carbocycles. The lowest BCUT2D eigenvalue weighted by atomic mass is 10.6. The highest BCUT2D eigenvalue weighted by Gasteiger charge is 2.00. The summed E-state index contributed by atoms with van der Waals surface area (Å²) < 4.78 is 1.21. The van der Waals surface area contributed by atoms with E-state index >= 15 is 0 Å². The second-order valence-corrected chi connectivity index (χ2v) is 4.80. The van der Waals surface area contributed by atoms with Crippen LogP contribution < -0.4 is 5.73 Å². The van der Waals surface area contributed by atoms with Gasteiger partial charge in [0.05, 0.1) is 0 Å². The first-order chi connectivity index (χ1) is 4.33. The van der Waals surface area contributed by atoms with Gasteiger partial charge in [-0.2, -0.15) is 0 Å². The van der Waals surface area contributed by atoms with Crippen LogP contribution in [-0.4, -0.2) is 12.3 Å². The van der Waals surface area contributed by atoms with E-state index in [1.54, 1.807) is 0 Å². The predicted octanol–water partition coefficient (Wildman–Crippen LogP) is 1.71. The Morgan fingerprint density at radius 1 is 1.67 bits per heavy atom. The van der Waals surface area contributed by atoms with Gasteiger partial charge in [-0.05, 0) is 22.6 Å². The summed E-state index contributed by atoms with van der Waals surface area (Å²) in [5.41, 5.74) is 5.39. The molecule has 0 aromatic rings. The van der Waals surface area contributed by atoms with Gasteiger partial charge in [0.1, 0.15) is 0 Å². The van der Waals surface area contributed by atoms with Crippen LogP contribution in [0.5, 0.6) is 0 Å². The average Bonchev–Trinajstić information content (AvgIpc) is 2.17. The van der Waals surface area contributed by atoms with Crippen LogP contribution in [0.2, 0.25) is 0 Å². The Hall–Kier alpha value is 0.270. The zero-order valence-corrected chi connectivity index (χ0v) is 7.53. The van der Waals surface area contributed by atoms with Crippen LogP contribution in [0.15, 0.2) is 21.4 Å². The molecule has 0 radical (unpaired) electrons. The molecule has 9 heavy (non-hydrogen) atoms. The van der Waals surface area contributed by atoms with Crippen molar-refractivity contribution in [2.75, 3.05) is 12.3 Å². The molecular weight excluding hydrogens is 198 g/mol. The molecule has 1 heterocycles. The van der Waals surface area contributed by atoms with Gasteiger partial charge in [0.25, 0.3) is 0 Å². The smallest absolute Gasteiger partial charge is 0.0228 e. The van der Waals surface area contributed by atoms with Gasteiger partial charge in [-0.25, -0.2) is 10.9 Å². The summed E-state index contributed by atoms with van der Waals surface area (Å²) in [7, 11) is 0.000965. The predicted molar refractivity (Wildman–Crippen MR) is 49.1 cm³/mol. The maximum atomic E-state index is 5.39. The second kappa shape index (κ2) is 3.44. The summed E-state index contributed by atoms with van der Waals surface area (Å²) in [6, 6.07) is 0. The van der Waals surface area contributed by atoms with E-state index in [9.17, 15) is 0 Å². The Balaban J connectivity index is 2.40. The van der Waals surface area contributed by atoms with Crippen molar-refractivity contribution in [3.8, 4) is 0 Å². The normalized spacial score (nSPS) is 28.7. The summed E-state index contributed by atoms with van der Waals surface area (Å²) in [6.07, 6.45) is 2.10. The fourth-order valence-corrected chi connectivity index (χ4v) is 3.24. The van der Waals surface area contributed by atoms with Gasteiger partial charge in [-0.3, -0.25) is 0 Å². The summed E-state index contributed by atoms with van der Waals surface area (Å²) in [4.78, 5) is 0. The average molecular weight is 208 g/mol. The molecule has 1 rings (SSSR count). The number of halogens is 1. The van der Waals surface area contributed by atoms with Crippen molar-refractivity contribution in [2.24, 2.45) is 5.73 Å². The summed E-state index contributed by atoms with van der Waals surface area (Å²) in [6.45, 7) is 0.798. The summed E-state index contributed by atoms with van der Waals surface area (Å²) in [5, 5.41) is 4.47. The Labute approximate surface area is 66.5 Å². The second-order valence-electron chi connectivity index (χ2n) is 1.86. The largest absolute Gasteiger partial charge is 0.330 e. The molecule has 1 aliphatic rings. The molecule has 0 aromatic heterocycles. The molecule has 0 spiro atoms. The minimum Gasteiger partial charge on any atom is -0.330 e. The fourth-order valence-electron chi connectivity index (χ4n) is 0.700. The quantitative estimate of drug-likeness (QED) is 0.664. The minimum atomic E-state index is 0.000965. The molecule has 1 nitrogen and oxygen atoms in total. The van der Waals surface area contributed by atoms with Gasteiger partial charge in [-0.1, -0.05) is 15.9 Å². The minimum absolute atomic E-state index is 0.000965. The van der Waals surface area contributed by atoms with E-state index in [0.717, 1.165) is 12.3 Å². The van der Waals surface area contributed by atoms with E-state index in [0.29, 0.717) is 0 Å². The molecule has 1 unspecified atom stereocenters.